The number of hydrogen-bond acceptors (Lipinski definition) is 4. The van der Waals surface area contributed by atoms with Crippen LogP contribution in [0.4, 0.5) is 0 Å². The zero-order chi connectivity index (χ0) is 15.6. The average molecular weight is 305 g/mol. The normalized spacial score (nSPS) is 24.1. The number of carboxylic acids is 1. The summed E-state index contributed by atoms with van der Waals surface area (Å²) in [6.45, 7) is 3.07. The van der Waals surface area contributed by atoms with Gasteiger partial charge in [0.05, 0.1) is 16.6 Å². The van der Waals surface area contributed by atoms with Crippen molar-refractivity contribution >= 4 is 21.7 Å². The first kappa shape index (κ1) is 16.9. The molecule has 20 heavy (non-hydrogen) atoms. The van der Waals surface area contributed by atoms with Crippen LogP contribution in [0.1, 0.15) is 39.5 Å². The molecule has 1 aliphatic rings. The van der Waals surface area contributed by atoms with Crippen molar-refractivity contribution in [3.05, 3.63) is 0 Å². The van der Waals surface area contributed by atoms with Gasteiger partial charge < -0.3 is 10.4 Å². The second-order valence-corrected chi connectivity index (χ2v) is 8.73. The van der Waals surface area contributed by atoms with Gasteiger partial charge in [-0.1, -0.05) is 12.8 Å². The van der Waals surface area contributed by atoms with Crippen LogP contribution in [0.5, 0.6) is 0 Å². The van der Waals surface area contributed by atoms with Crippen molar-refractivity contribution in [1.29, 1.82) is 0 Å². The van der Waals surface area contributed by atoms with E-state index in [1.54, 1.807) is 0 Å². The van der Waals surface area contributed by atoms with E-state index < -0.39 is 32.4 Å². The molecule has 0 aliphatic heterocycles. The zero-order valence-electron chi connectivity index (χ0n) is 12.2. The largest absolute Gasteiger partial charge is 0.481 e. The van der Waals surface area contributed by atoms with Crippen LogP contribution < -0.4 is 5.32 Å². The minimum absolute atomic E-state index is 0.00644. The van der Waals surface area contributed by atoms with Crippen LogP contribution in [0.25, 0.3) is 0 Å². The van der Waals surface area contributed by atoms with E-state index in [-0.39, 0.29) is 12.5 Å². The van der Waals surface area contributed by atoms with Crippen LogP contribution in [0, 0.1) is 11.8 Å². The Balaban J connectivity index is 2.69. The number of carbonyl (C=O) groups is 2. The van der Waals surface area contributed by atoms with Gasteiger partial charge in [-0.3, -0.25) is 9.59 Å². The van der Waals surface area contributed by atoms with Gasteiger partial charge in [0.1, 0.15) is 0 Å². The van der Waals surface area contributed by atoms with Crippen molar-refractivity contribution in [2.24, 2.45) is 11.8 Å². The smallest absolute Gasteiger partial charge is 0.307 e. The Hall–Kier alpha value is -1.11. The number of nitrogens with one attached hydrogen (secondary N) is 1. The summed E-state index contributed by atoms with van der Waals surface area (Å²) in [4.78, 5) is 23.3. The molecule has 0 aromatic carbocycles. The summed E-state index contributed by atoms with van der Waals surface area (Å²) in [6.07, 6.45) is 3.82. The molecular weight excluding hydrogens is 282 g/mol. The molecule has 1 rings (SSSR count). The molecular formula is C13H23NO5S. The van der Waals surface area contributed by atoms with E-state index in [9.17, 15) is 18.0 Å². The van der Waals surface area contributed by atoms with E-state index in [4.69, 9.17) is 5.11 Å². The topological polar surface area (TPSA) is 101 Å². The zero-order valence-corrected chi connectivity index (χ0v) is 13.0. The first-order valence-electron chi connectivity index (χ1n) is 6.76. The average Bonchev–Trinajstić information content (AvgIpc) is 2.34. The SMILES string of the molecule is CC(C)(CNC(=O)C1CCCCC1C(=O)O)S(C)(=O)=O. The molecule has 0 aromatic rings. The number of rotatable bonds is 5. The van der Waals surface area contributed by atoms with E-state index in [0.29, 0.717) is 12.8 Å². The summed E-state index contributed by atoms with van der Waals surface area (Å²) < 4.78 is 22.1. The molecule has 0 bridgehead atoms. The maximum absolute atomic E-state index is 12.1. The van der Waals surface area contributed by atoms with Crippen molar-refractivity contribution in [3.63, 3.8) is 0 Å². The monoisotopic (exact) mass is 305 g/mol. The fourth-order valence-electron chi connectivity index (χ4n) is 2.30. The Morgan fingerprint density at radius 2 is 1.70 bits per heavy atom. The van der Waals surface area contributed by atoms with Crippen LogP contribution in [0.3, 0.4) is 0 Å². The highest BCUT2D eigenvalue weighted by atomic mass is 32.2. The van der Waals surface area contributed by atoms with Gasteiger partial charge in [0, 0.05) is 12.8 Å². The Labute approximate surface area is 119 Å². The minimum atomic E-state index is -3.29. The third-order valence-electron chi connectivity index (χ3n) is 4.11. The summed E-state index contributed by atoms with van der Waals surface area (Å²) in [6, 6.07) is 0. The van der Waals surface area contributed by atoms with Gasteiger partial charge in [-0.2, -0.15) is 0 Å². The second kappa shape index (κ2) is 6.11. The summed E-state index contributed by atoms with van der Waals surface area (Å²) >= 11 is 0. The standard InChI is InChI=1S/C13H23NO5S/c1-13(2,20(3,18)19)8-14-11(15)9-6-4-5-7-10(9)12(16)17/h9-10H,4-8H2,1-3H3,(H,14,15)(H,16,17). The first-order chi connectivity index (χ1) is 9.06. The molecule has 2 N–H and O–H groups in total. The Morgan fingerprint density at radius 3 is 2.15 bits per heavy atom. The maximum atomic E-state index is 12.1. The van der Waals surface area contributed by atoms with Crippen molar-refractivity contribution in [1.82, 2.24) is 5.32 Å². The fraction of sp³-hybridized carbons (Fsp3) is 0.846. The van der Waals surface area contributed by atoms with E-state index >= 15 is 0 Å². The highest BCUT2D eigenvalue weighted by Gasteiger charge is 2.37. The molecule has 1 fully saturated rings. The minimum Gasteiger partial charge on any atom is -0.481 e. The van der Waals surface area contributed by atoms with Gasteiger partial charge >= 0.3 is 5.97 Å². The summed E-state index contributed by atoms with van der Waals surface area (Å²) in [5, 5.41) is 11.7. The summed E-state index contributed by atoms with van der Waals surface area (Å²) in [5.41, 5.74) is 0. The van der Waals surface area contributed by atoms with Crippen LogP contribution in [0.2, 0.25) is 0 Å². The molecule has 0 spiro atoms. The molecule has 0 saturated heterocycles. The molecule has 0 aromatic heterocycles. The molecule has 1 aliphatic carbocycles. The van der Waals surface area contributed by atoms with Crippen molar-refractivity contribution in [2.75, 3.05) is 12.8 Å². The predicted octanol–water partition coefficient (Wildman–Crippen LogP) is 0.817. The number of amides is 1. The number of hydrogen-bond donors (Lipinski definition) is 2. The number of aliphatic carboxylic acids is 1. The quantitative estimate of drug-likeness (QED) is 0.783. The Bertz CT molecular complexity index is 483. The van der Waals surface area contributed by atoms with Crippen LogP contribution in [-0.4, -0.2) is 42.9 Å². The predicted molar refractivity (Wildman–Crippen MR) is 75.0 cm³/mol. The van der Waals surface area contributed by atoms with Gasteiger partial charge in [-0.05, 0) is 26.7 Å². The Kier molecular flexibility index (Phi) is 5.18. The number of carboxylic acid groups (broad SMARTS) is 1. The third kappa shape index (κ3) is 3.94. The molecule has 7 heteroatoms. The number of carbonyl (C=O) groups excluding carboxylic acids is 1. The van der Waals surface area contributed by atoms with Gasteiger partial charge in [0.25, 0.3) is 0 Å². The lowest BCUT2D eigenvalue weighted by Gasteiger charge is -2.29. The van der Waals surface area contributed by atoms with Crippen molar-refractivity contribution < 1.29 is 23.1 Å². The lowest BCUT2D eigenvalue weighted by atomic mass is 9.78. The van der Waals surface area contributed by atoms with E-state index in [0.717, 1.165) is 19.1 Å². The van der Waals surface area contributed by atoms with Gasteiger partial charge in [-0.15, -0.1) is 0 Å². The summed E-state index contributed by atoms with van der Waals surface area (Å²) in [5.74, 6) is -2.53. The van der Waals surface area contributed by atoms with E-state index in [2.05, 4.69) is 5.32 Å². The molecule has 2 atom stereocenters. The molecule has 116 valence electrons. The van der Waals surface area contributed by atoms with Gasteiger partial charge in [0.15, 0.2) is 9.84 Å². The third-order valence-corrected chi connectivity index (χ3v) is 6.26. The van der Waals surface area contributed by atoms with Crippen LogP contribution in [0.15, 0.2) is 0 Å². The van der Waals surface area contributed by atoms with E-state index in [1.807, 2.05) is 0 Å². The van der Waals surface area contributed by atoms with Gasteiger partial charge in [0.2, 0.25) is 5.91 Å². The first-order valence-corrected chi connectivity index (χ1v) is 8.65. The highest BCUT2D eigenvalue weighted by molar-refractivity contribution is 7.92. The number of sulfone groups is 1. The molecule has 1 saturated carbocycles. The van der Waals surface area contributed by atoms with Crippen LogP contribution in [-0.2, 0) is 19.4 Å². The fourth-order valence-corrected chi connectivity index (χ4v) is 2.64. The second-order valence-electron chi connectivity index (χ2n) is 6.09. The molecule has 0 heterocycles. The molecule has 2 unspecified atom stereocenters. The molecule has 0 radical (unpaired) electrons. The molecule has 6 nitrogen and oxygen atoms in total. The lowest BCUT2D eigenvalue weighted by Crippen LogP contribution is -2.47. The van der Waals surface area contributed by atoms with Gasteiger partial charge in [-0.25, -0.2) is 8.42 Å². The Morgan fingerprint density at radius 1 is 1.20 bits per heavy atom. The van der Waals surface area contributed by atoms with Crippen molar-refractivity contribution in [3.8, 4) is 0 Å². The van der Waals surface area contributed by atoms with E-state index in [1.165, 1.54) is 13.8 Å². The lowest BCUT2D eigenvalue weighted by molar-refractivity contribution is -0.148. The highest BCUT2D eigenvalue weighted by Crippen LogP contribution is 2.30. The van der Waals surface area contributed by atoms with Crippen LogP contribution >= 0.6 is 0 Å². The maximum Gasteiger partial charge on any atom is 0.307 e. The summed E-state index contributed by atoms with van der Waals surface area (Å²) in [7, 11) is -3.29. The molecule has 1 amide bonds. The van der Waals surface area contributed by atoms with Crippen molar-refractivity contribution in [2.45, 2.75) is 44.3 Å².